The zero-order chi connectivity index (χ0) is 18.0. The summed E-state index contributed by atoms with van der Waals surface area (Å²) < 4.78 is 9.45. The highest BCUT2D eigenvalue weighted by atomic mass is 16.5. The van der Waals surface area contributed by atoms with Crippen molar-refractivity contribution < 1.29 is 23.9 Å². The zero-order valence-electron chi connectivity index (χ0n) is 13.9. The average Bonchev–Trinajstić information content (AvgIpc) is 3.10. The van der Waals surface area contributed by atoms with E-state index in [0.29, 0.717) is 35.3 Å². The SMILES string of the molecule is COC(=O)c1ccc(C(=O)N2CCc3c(C(=O)OC)cccc32)cc1. The van der Waals surface area contributed by atoms with Gasteiger partial charge in [-0.15, -0.1) is 0 Å². The molecular weight excluding hydrogens is 322 g/mol. The summed E-state index contributed by atoms with van der Waals surface area (Å²) in [4.78, 5) is 37.8. The summed E-state index contributed by atoms with van der Waals surface area (Å²) in [6.07, 6.45) is 0.590. The van der Waals surface area contributed by atoms with Gasteiger partial charge in [0.25, 0.3) is 5.91 Å². The lowest BCUT2D eigenvalue weighted by atomic mass is 10.1. The number of carbonyl (C=O) groups is 3. The number of hydrogen-bond acceptors (Lipinski definition) is 5. The first-order chi connectivity index (χ1) is 12.1. The number of amides is 1. The molecule has 1 heterocycles. The molecule has 6 heteroatoms. The molecule has 0 bridgehead atoms. The van der Waals surface area contributed by atoms with Gasteiger partial charge in [0.1, 0.15) is 0 Å². The third kappa shape index (κ3) is 2.98. The molecule has 6 nitrogen and oxygen atoms in total. The van der Waals surface area contributed by atoms with E-state index in [1.54, 1.807) is 41.3 Å². The Balaban J connectivity index is 1.89. The lowest BCUT2D eigenvalue weighted by Gasteiger charge is -2.18. The molecule has 1 aliphatic heterocycles. The smallest absolute Gasteiger partial charge is 0.338 e. The zero-order valence-corrected chi connectivity index (χ0v) is 13.9. The fourth-order valence-corrected chi connectivity index (χ4v) is 2.97. The fraction of sp³-hybridized carbons (Fsp3) is 0.211. The lowest BCUT2D eigenvalue weighted by molar-refractivity contribution is 0.0591. The van der Waals surface area contributed by atoms with Gasteiger partial charge in [-0.25, -0.2) is 9.59 Å². The Morgan fingerprint density at radius 2 is 1.52 bits per heavy atom. The number of methoxy groups -OCH3 is 2. The second-order valence-electron chi connectivity index (χ2n) is 5.57. The molecule has 0 N–H and O–H groups in total. The van der Waals surface area contributed by atoms with Gasteiger partial charge in [-0.2, -0.15) is 0 Å². The van der Waals surface area contributed by atoms with Gasteiger partial charge in [0.05, 0.1) is 25.3 Å². The van der Waals surface area contributed by atoms with Crippen molar-refractivity contribution in [2.75, 3.05) is 25.7 Å². The van der Waals surface area contributed by atoms with Gasteiger partial charge < -0.3 is 14.4 Å². The van der Waals surface area contributed by atoms with E-state index < -0.39 is 11.9 Å². The van der Waals surface area contributed by atoms with Crippen molar-refractivity contribution in [3.63, 3.8) is 0 Å². The van der Waals surface area contributed by atoms with E-state index in [9.17, 15) is 14.4 Å². The summed E-state index contributed by atoms with van der Waals surface area (Å²) in [5, 5.41) is 0. The molecule has 0 radical (unpaired) electrons. The molecule has 25 heavy (non-hydrogen) atoms. The van der Waals surface area contributed by atoms with E-state index in [1.807, 2.05) is 6.07 Å². The van der Waals surface area contributed by atoms with Crippen LogP contribution in [-0.2, 0) is 15.9 Å². The average molecular weight is 339 g/mol. The van der Waals surface area contributed by atoms with Gasteiger partial charge in [0, 0.05) is 17.8 Å². The predicted octanol–water partition coefficient (Wildman–Crippen LogP) is 2.46. The second-order valence-corrected chi connectivity index (χ2v) is 5.57. The Kier molecular flexibility index (Phi) is 4.52. The normalized spacial score (nSPS) is 12.5. The molecule has 1 aliphatic rings. The Morgan fingerprint density at radius 1 is 0.880 bits per heavy atom. The van der Waals surface area contributed by atoms with Crippen LogP contribution in [0.1, 0.15) is 36.6 Å². The molecular formula is C19H17NO5. The second kappa shape index (κ2) is 6.76. The minimum Gasteiger partial charge on any atom is -0.465 e. The molecule has 1 amide bonds. The summed E-state index contributed by atoms with van der Waals surface area (Å²) in [7, 11) is 2.64. The molecule has 0 spiro atoms. The van der Waals surface area contributed by atoms with Crippen molar-refractivity contribution in [2.45, 2.75) is 6.42 Å². The van der Waals surface area contributed by atoms with Crippen LogP contribution in [0.5, 0.6) is 0 Å². The van der Waals surface area contributed by atoms with Crippen LogP contribution >= 0.6 is 0 Å². The maximum Gasteiger partial charge on any atom is 0.338 e. The minimum atomic E-state index is -0.451. The van der Waals surface area contributed by atoms with Gasteiger partial charge in [0.2, 0.25) is 0 Å². The summed E-state index contributed by atoms with van der Waals surface area (Å²) in [6.45, 7) is 0.487. The van der Waals surface area contributed by atoms with Crippen LogP contribution in [0.4, 0.5) is 5.69 Å². The molecule has 3 rings (SSSR count). The van der Waals surface area contributed by atoms with Gasteiger partial charge in [-0.1, -0.05) is 6.07 Å². The number of hydrogen-bond donors (Lipinski definition) is 0. The molecule has 2 aromatic carbocycles. The maximum atomic E-state index is 12.8. The van der Waals surface area contributed by atoms with E-state index in [0.717, 1.165) is 5.56 Å². The van der Waals surface area contributed by atoms with Crippen molar-refractivity contribution >= 4 is 23.5 Å². The van der Waals surface area contributed by atoms with Crippen LogP contribution < -0.4 is 4.90 Å². The summed E-state index contributed by atoms with van der Waals surface area (Å²) in [5.74, 6) is -1.04. The standard InChI is InChI=1S/C19H17NO5/c1-24-18(22)13-8-6-12(7-9-13)17(21)20-11-10-14-15(19(23)25-2)4-3-5-16(14)20/h3-9H,10-11H2,1-2H3. The molecule has 0 aromatic heterocycles. The number of fused-ring (bicyclic) bond motifs is 1. The number of esters is 2. The molecule has 0 aliphatic carbocycles. The molecule has 128 valence electrons. The summed E-state index contributed by atoms with van der Waals surface area (Å²) in [5.41, 5.74) is 2.85. The highest BCUT2D eigenvalue weighted by molar-refractivity contribution is 6.08. The van der Waals surface area contributed by atoms with Crippen LogP contribution in [0.25, 0.3) is 0 Å². The van der Waals surface area contributed by atoms with Crippen LogP contribution in [0, 0.1) is 0 Å². The van der Waals surface area contributed by atoms with Gasteiger partial charge in [-0.05, 0) is 48.4 Å². The first-order valence-corrected chi connectivity index (χ1v) is 7.77. The summed E-state index contributed by atoms with van der Waals surface area (Å²) in [6, 6.07) is 11.5. The number of anilines is 1. The van der Waals surface area contributed by atoms with Crippen LogP contribution in [-0.4, -0.2) is 38.6 Å². The van der Waals surface area contributed by atoms with Crippen LogP contribution in [0.2, 0.25) is 0 Å². The van der Waals surface area contributed by atoms with Gasteiger partial charge in [0.15, 0.2) is 0 Å². The summed E-state index contributed by atoms with van der Waals surface area (Å²) >= 11 is 0. The van der Waals surface area contributed by atoms with Crippen molar-refractivity contribution in [1.29, 1.82) is 0 Å². The molecule has 0 unspecified atom stereocenters. The van der Waals surface area contributed by atoms with Crippen molar-refractivity contribution in [3.8, 4) is 0 Å². The maximum absolute atomic E-state index is 12.8. The van der Waals surface area contributed by atoms with Crippen LogP contribution in [0.15, 0.2) is 42.5 Å². The highest BCUT2D eigenvalue weighted by Gasteiger charge is 2.29. The van der Waals surface area contributed by atoms with Crippen LogP contribution in [0.3, 0.4) is 0 Å². The predicted molar refractivity (Wildman–Crippen MR) is 90.9 cm³/mol. The largest absolute Gasteiger partial charge is 0.465 e. The van der Waals surface area contributed by atoms with Crippen molar-refractivity contribution in [3.05, 3.63) is 64.7 Å². The Morgan fingerprint density at radius 3 is 2.16 bits per heavy atom. The minimum absolute atomic E-state index is 0.183. The number of ether oxygens (including phenoxy) is 2. The Hall–Kier alpha value is -3.15. The molecule has 0 saturated carbocycles. The van der Waals surface area contributed by atoms with Gasteiger partial charge in [-0.3, -0.25) is 4.79 Å². The third-order valence-corrected chi connectivity index (χ3v) is 4.23. The topological polar surface area (TPSA) is 72.9 Å². The van der Waals surface area contributed by atoms with E-state index >= 15 is 0 Å². The van der Waals surface area contributed by atoms with E-state index in [-0.39, 0.29) is 5.91 Å². The first-order valence-electron chi connectivity index (χ1n) is 7.77. The number of benzene rings is 2. The highest BCUT2D eigenvalue weighted by Crippen LogP contribution is 2.32. The molecule has 0 saturated heterocycles. The molecule has 0 fully saturated rings. The van der Waals surface area contributed by atoms with E-state index in [1.165, 1.54) is 14.2 Å². The first kappa shape index (κ1) is 16.7. The van der Waals surface area contributed by atoms with E-state index in [2.05, 4.69) is 4.74 Å². The molecule has 2 aromatic rings. The third-order valence-electron chi connectivity index (χ3n) is 4.23. The quantitative estimate of drug-likeness (QED) is 0.803. The fourth-order valence-electron chi connectivity index (χ4n) is 2.97. The Bertz CT molecular complexity index is 841. The van der Waals surface area contributed by atoms with E-state index in [4.69, 9.17) is 4.74 Å². The number of carbonyl (C=O) groups excluding carboxylic acids is 3. The Labute approximate surface area is 145 Å². The number of rotatable bonds is 3. The monoisotopic (exact) mass is 339 g/mol. The van der Waals surface area contributed by atoms with Crippen molar-refractivity contribution in [2.24, 2.45) is 0 Å². The van der Waals surface area contributed by atoms with Gasteiger partial charge >= 0.3 is 11.9 Å². The lowest BCUT2D eigenvalue weighted by Crippen LogP contribution is -2.28. The number of nitrogens with zero attached hydrogens (tertiary/aromatic N) is 1. The molecule has 0 atom stereocenters. The van der Waals surface area contributed by atoms with Crippen molar-refractivity contribution in [1.82, 2.24) is 0 Å².